The molecule has 0 saturated heterocycles. The second-order valence-electron chi connectivity index (χ2n) is 4.79. The van der Waals surface area contributed by atoms with Gasteiger partial charge in [-0.25, -0.2) is 4.98 Å². The van der Waals surface area contributed by atoms with Crippen LogP contribution in [0.15, 0.2) is 24.3 Å². The van der Waals surface area contributed by atoms with E-state index in [0.29, 0.717) is 4.64 Å². The number of hydrogen-bond acceptors (Lipinski definition) is 2. The lowest BCUT2D eigenvalue weighted by atomic mass is 10.0. The Morgan fingerprint density at radius 1 is 1.26 bits per heavy atom. The number of aromatic amines is 1. The topological polar surface area (TPSA) is 28.7 Å². The van der Waals surface area contributed by atoms with Gasteiger partial charge in [-0.05, 0) is 30.5 Å². The van der Waals surface area contributed by atoms with Gasteiger partial charge in [-0.2, -0.15) is 0 Å². The van der Waals surface area contributed by atoms with Gasteiger partial charge in [0.2, 0.25) is 0 Å². The molecule has 0 aliphatic rings. The molecule has 0 amide bonds. The summed E-state index contributed by atoms with van der Waals surface area (Å²) in [4.78, 5) is 7.81. The van der Waals surface area contributed by atoms with Gasteiger partial charge in [0.25, 0.3) is 0 Å². The van der Waals surface area contributed by atoms with E-state index >= 15 is 0 Å². The molecule has 0 radical (unpaired) electrons. The predicted octanol–water partition coefficient (Wildman–Crippen LogP) is 4.63. The minimum Gasteiger partial charge on any atom is -0.343 e. The number of H-pyrrole nitrogens is 1. The normalized spacial score (nSPS) is 10.7. The average molecular weight is 272 g/mol. The van der Waals surface area contributed by atoms with Crippen molar-refractivity contribution in [3.8, 4) is 11.3 Å². The number of hydrogen-bond donors (Lipinski definition) is 1. The van der Waals surface area contributed by atoms with Crippen molar-refractivity contribution in [2.24, 2.45) is 0 Å². The van der Waals surface area contributed by atoms with Gasteiger partial charge in [-0.3, -0.25) is 0 Å². The van der Waals surface area contributed by atoms with Crippen molar-refractivity contribution >= 4 is 12.2 Å². The number of rotatable bonds is 4. The Morgan fingerprint density at radius 2 is 2.05 bits per heavy atom. The van der Waals surface area contributed by atoms with Gasteiger partial charge in [0, 0.05) is 12.0 Å². The first-order valence-electron chi connectivity index (χ1n) is 6.84. The quantitative estimate of drug-likeness (QED) is 0.822. The Kier molecular flexibility index (Phi) is 4.48. The molecule has 0 saturated carbocycles. The number of aromatic nitrogens is 2. The first-order valence-corrected chi connectivity index (χ1v) is 7.25. The zero-order valence-electron chi connectivity index (χ0n) is 11.8. The van der Waals surface area contributed by atoms with E-state index in [2.05, 4.69) is 48.1 Å². The summed E-state index contributed by atoms with van der Waals surface area (Å²) in [5.74, 6) is 0.950. The summed E-state index contributed by atoms with van der Waals surface area (Å²) in [5, 5.41) is 0. The highest BCUT2D eigenvalue weighted by atomic mass is 32.1. The lowest BCUT2D eigenvalue weighted by molar-refractivity contribution is 0.917. The Balaban J connectivity index is 2.54. The predicted molar refractivity (Wildman–Crippen MR) is 83.0 cm³/mol. The fraction of sp³-hybridized carbons (Fsp3) is 0.375. The molecule has 0 atom stereocenters. The standard InChI is InChI=1S/C16H20N2S/c1-4-7-12-8-6-9-13(10-12)15-11(3)16(19)18-14(5-2)17-15/h6,8-10H,4-5,7H2,1-3H3,(H,17,18,19). The molecule has 1 heterocycles. The Hall–Kier alpha value is -1.48. The molecule has 1 N–H and O–H groups in total. The van der Waals surface area contributed by atoms with E-state index in [4.69, 9.17) is 12.2 Å². The van der Waals surface area contributed by atoms with Crippen LogP contribution in [0.2, 0.25) is 0 Å². The fourth-order valence-corrected chi connectivity index (χ4v) is 2.42. The highest BCUT2D eigenvalue weighted by molar-refractivity contribution is 7.71. The molecule has 0 bridgehead atoms. The molecule has 1 aromatic carbocycles. The van der Waals surface area contributed by atoms with Crippen LogP contribution < -0.4 is 0 Å². The van der Waals surface area contributed by atoms with Gasteiger partial charge in [-0.15, -0.1) is 0 Å². The maximum Gasteiger partial charge on any atom is 0.133 e. The smallest absolute Gasteiger partial charge is 0.133 e. The maximum absolute atomic E-state index is 5.35. The Bertz CT molecular complexity index is 629. The average Bonchev–Trinajstić information content (AvgIpc) is 2.42. The zero-order chi connectivity index (χ0) is 13.8. The van der Waals surface area contributed by atoms with Crippen LogP contribution in [-0.4, -0.2) is 9.97 Å². The van der Waals surface area contributed by atoms with Crippen LogP contribution in [0.5, 0.6) is 0 Å². The van der Waals surface area contributed by atoms with Crippen molar-refractivity contribution in [2.75, 3.05) is 0 Å². The second-order valence-corrected chi connectivity index (χ2v) is 5.18. The molecule has 2 rings (SSSR count). The lowest BCUT2D eigenvalue weighted by Crippen LogP contribution is -1.99. The van der Waals surface area contributed by atoms with Crippen LogP contribution in [0.25, 0.3) is 11.3 Å². The molecular formula is C16H20N2S. The summed E-state index contributed by atoms with van der Waals surface area (Å²) in [6.45, 7) is 6.32. The number of benzene rings is 1. The molecule has 0 fully saturated rings. The van der Waals surface area contributed by atoms with Crippen LogP contribution in [0.1, 0.15) is 37.2 Å². The van der Waals surface area contributed by atoms with E-state index in [1.54, 1.807) is 0 Å². The van der Waals surface area contributed by atoms with Crippen molar-refractivity contribution in [2.45, 2.75) is 40.0 Å². The van der Waals surface area contributed by atoms with E-state index in [-0.39, 0.29) is 0 Å². The number of aryl methyl sites for hydroxylation is 2. The van der Waals surface area contributed by atoms with Gasteiger partial charge < -0.3 is 4.98 Å². The van der Waals surface area contributed by atoms with E-state index in [0.717, 1.165) is 36.3 Å². The molecule has 3 heteroatoms. The van der Waals surface area contributed by atoms with Crippen molar-refractivity contribution in [1.82, 2.24) is 9.97 Å². The third kappa shape index (κ3) is 3.10. The minimum absolute atomic E-state index is 0.700. The second kappa shape index (κ2) is 6.11. The van der Waals surface area contributed by atoms with Crippen LogP contribution in [0, 0.1) is 11.6 Å². The van der Waals surface area contributed by atoms with Gasteiger partial charge >= 0.3 is 0 Å². The monoisotopic (exact) mass is 272 g/mol. The molecule has 0 aliphatic carbocycles. The fourth-order valence-electron chi connectivity index (χ4n) is 2.21. The van der Waals surface area contributed by atoms with Crippen molar-refractivity contribution in [3.05, 3.63) is 45.9 Å². The van der Waals surface area contributed by atoms with Crippen LogP contribution in [0.3, 0.4) is 0 Å². The summed E-state index contributed by atoms with van der Waals surface area (Å²) >= 11 is 5.35. The molecule has 2 nitrogen and oxygen atoms in total. The van der Waals surface area contributed by atoms with Gasteiger partial charge in [-0.1, -0.05) is 50.7 Å². The van der Waals surface area contributed by atoms with Crippen LogP contribution in [-0.2, 0) is 12.8 Å². The molecular weight excluding hydrogens is 252 g/mol. The van der Waals surface area contributed by atoms with E-state index in [1.807, 2.05) is 6.92 Å². The van der Waals surface area contributed by atoms with Gasteiger partial charge in [0.05, 0.1) is 5.69 Å². The molecule has 1 aromatic heterocycles. The summed E-state index contributed by atoms with van der Waals surface area (Å²) in [6.07, 6.45) is 3.14. The zero-order valence-corrected chi connectivity index (χ0v) is 12.6. The van der Waals surface area contributed by atoms with Crippen molar-refractivity contribution in [3.63, 3.8) is 0 Å². The minimum atomic E-state index is 0.700. The molecule has 0 spiro atoms. The highest BCUT2D eigenvalue weighted by Gasteiger charge is 2.07. The summed E-state index contributed by atoms with van der Waals surface area (Å²) in [6, 6.07) is 8.67. The Morgan fingerprint density at radius 3 is 2.74 bits per heavy atom. The van der Waals surface area contributed by atoms with E-state index in [9.17, 15) is 0 Å². The molecule has 100 valence electrons. The molecule has 2 aromatic rings. The maximum atomic E-state index is 5.35. The molecule has 0 unspecified atom stereocenters. The number of nitrogens with one attached hydrogen (secondary N) is 1. The van der Waals surface area contributed by atoms with Crippen molar-refractivity contribution in [1.29, 1.82) is 0 Å². The first-order chi connectivity index (χ1) is 9.15. The SMILES string of the molecule is CCCc1cccc(-c2[nH]c(CC)nc(=S)c2C)c1. The van der Waals surface area contributed by atoms with Crippen LogP contribution in [0.4, 0.5) is 0 Å². The molecule has 19 heavy (non-hydrogen) atoms. The lowest BCUT2D eigenvalue weighted by Gasteiger charge is -2.10. The number of nitrogens with zero attached hydrogens (tertiary/aromatic N) is 1. The third-order valence-corrected chi connectivity index (χ3v) is 3.69. The third-order valence-electron chi connectivity index (χ3n) is 3.29. The summed E-state index contributed by atoms with van der Waals surface area (Å²) < 4.78 is 0.700. The molecule has 0 aliphatic heterocycles. The first kappa shape index (κ1) is 13.9. The van der Waals surface area contributed by atoms with Gasteiger partial charge in [0.1, 0.15) is 10.5 Å². The van der Waals surface area contributed by atoms with E-state index in [1.165, 1.54) is 11.1 Å². The largest absolute Gasteiger partial charge is 0.343 e. The van der Waals surface area contributed by atoms with E-state index < -0.39 is 0 Å². The van der Waals surface area contributed by atoms with Gasteiger partial charge in [0.15, 0.2) is 0 Å². The summed E-state index contributed by atoms with van der Waals surface area (Å²) in [7, 11) is 0. The van der Waals surface area contributed by atoms with Crippen molar-refractivity contribution < 1.29 is 0 Å². The highest BCUT2D eigenvalue weighted by Crippen LogP contribution is 2.23. The summed E-state index contributed by atoms with van der Waals surface area (Å²) in [5.41, 5.74) is 4.73. The Labute approximate surface area is 119 Å². The van der Waals surface area contributed by atoms with Crippen LogP contribution >= 0.6 is 12.2 Å².